The largest absolute Gasteiger partial charge is 0.275 e. The third-order valence-corrected chi connectivity index (χ3v) is 2.99. The summed E-state index contributed by atoms with van der Waals surface area (Å²) in [7, 11) is 0. The van der Waals surface area contributed by atoms with Gasteiger partial charge in [-0.1, -0.05) is 20.1 Å². The molecule has 0 aliphatic heterocycles. The minimum absolute atomic E-state index is 0.0765. The summed E-state index contributed by atoms with van der Waals surface area (Å²) >= 11 is 0. The monoisotopic (exact) mass is 302 g/mol. The maximum Gasteiger partial charge on any atom is 0.269 e. The molecule has 0 aliphatic carbocycles. The molecule has 1 rings (SSSR count). The first-order valence-electron chi connectivity index (χ1n) is 6.75. The average Bonchev–Trinajstić information content (AvgIpc) is 2.50. The summed E-state index contributed by atoms with van der Waals surface area (Å²) in [5.74, 6) is -0.974. The smallest absolute Gasteiger partial charge is 0.269 e. The molecule has 0 saturated carbocycles. The second-order valence-corrected chi connectivity index (χ2v) is 4.82. The molecular weight excluding hydrogens is 284 g/mol. The average molecular weight is 302 g/mol. The van der Waals surface area contributed by atoms with E-state index in [9.17, 15) is 19.7 Å². The lowest BCUT2D eigenvalue weighted by Crippen LogP contribution is -2.38. The number of carbonyl (C=O) groups is 2. The second kappa shape index (κ2) is 7.31. The van der Waals surface area contributed by atoms with Crippen molar-refractivity contribution in [3.63, 3.8) is 0 Å². The molecule has 22 heavy (non-hydrogen) atoms. The maximum atomic E-state index is 12.4. The molecule has 1 aromatic carbocycles. The van der Waals surface area contributed by atoms with Crippen LogP contribution in [-0.4, -0.2) is 28.2 Å². The van der Waals surface area contributed by atoms with E-state index in [0.29, 0.717) is 12.0 Å². The molecule has 2 amide bonds. The number of benzene rings is 1. The van der Waals surface area contributed by atoms with Crippen LogP contribution in [0.4, 0.5) is 5.69 Å². The molecule has 0 unspecified atom stereocenters. The summed E-state index contributed by atoms with van der Waals surface area (Å²) in [4.78, 5) is 35.6. The SMILES string of the molecule is C=C(C)C(=O)N(CCC)C(=O)C(=C)c1ccc([N+](=O)[O-])cc1. The molecule has 116 valence electrons. The van der Waals surface area contributed by atoms with Gasteiger partial charge in [-0.05, 0) is 31.0 Å². The van der Waals surface area contributed by atoms with Crippen LogP contribution >= 0.6 is 0 Å². The fraction of sp³-hybridized carbons (Fsp3) is 0.250. The highest BCUT2D eigenvalue weighted by Crippen LogP contribution is 2.20. The van der Waals surface area contributed by atoms with Gasteiger partial charge < -0.3 is 0 Å². The van der Waals surface area contributed by atoms with Crippen molar-refractivity contribution in [3.8, 4) is 0 Å². The molecule has 1 aromatic rings. The molecule has 0 spiro atoms. The number of hydrogen-bond donors (Lipinski definition) is 0. The zero-order valence-corrected chi connectivity index (χ0v) is 12.7. The number of non-ortho nitro benzene ring substituents is 1. The first kappa shape index (κ1) is 17.3. The Morgan fingerprint density at radius 1 is 1.18 bits per heavy atom. The highest BCUT2D eigenvalue weighted by atomic mass is 16.6. The molecule has 0 radical (unpaired) electrons. The van der Waals surface area contributed by atoms with Gasteiger partial charge in [0.2, 0.25) is 0 Å². The van der Waals surface area contributed by atoms with Crippen molar-refractivity contribution in [3.05, 3.63) is 58.7 Å². The molecule has 0 fully saturated rings. The van der Waals surface area contributed by atoms with Crippen LogP contribution in [-0.2, 0) is 9.59 Å². The lowest BCUT2D eigenvalue weighted by molar-refractivity contribution is -0.384. The number of hydrogen-bond acceptors (Lipinski definition) is 4. The van der Waals surface area contributed by atoms with Crippen molar-refractivity contribution in [2.24, 2.45) is 0 Å². The lowest BCUT2D eigenvalue weighted by atomic mass is 10.1. The van der Waals surface area contributed by atoms with Gasteiger partial charge in [-0.25, -0.2) is 0 Å². The zero-order valence-electron chi connectivity index (χ0n) is 12.7. The summed E-state index contributed by atoms with van der Waals surface area (Å²) in [6, 6.07) is 5.46. The normalized spacial score (nSPS) is 9.91. The predicted molar refractivity (Wildman–Crippen MR) is 84.0 cm³/mol. The van der Waals surface area contributed by atoms with Crippen molar-refractivity contribution in [2.45, 2.75) is 20.3 Å². The number of nitro groups is 1. The molecule has 0 heterocycles. The Labute approximate surface area is 128 Å². The van der Waals surface area contributed by atoms with E-state index in [1.54, 1.807) is 0 Å². The van der Waals surface area contributed by atoms with Gasteiger partial charge in [0, 0.05) is 29.8 Å². The van der Waals surface area contributed by atoms with E-state index in [2.05, 4.69) is 13.2 Å². The number of rotatable bonds is 6. The van der Waals surface area contributed by atoms with Gasteiger partial charge in [0.05, 0.1) is 4.92 Å². The van der Waals surface area contributed by atoms with E-state index in [-0.39, 0.29) is 23.4 Å². The highest BCUT2D eigenvalue weighted by molar-refractivity contribution is 6.24. The molecule has 0 saturated heterocycles. The standard InChI is InChI=1S/C16H18N2O4/c1-5-10-17(15(19)11(2)3)16(20)12(4)13-6-8-14(9-7-13)18(21)22/h6-9H,2,4-5,10H2,1,3H3. The van der Waals surface area contributed by atoms with Crippen LogP contribution in [0.1, 0.15) is 25.8 Å². The molecular formula is C16H18N2O4. The Morgan fingerprint density at radius 3 is 2.14 bits per heavy atom. The van der Waals surface area contributed by atoms with E-state index >= 15 is 0 Å². The quantitative estimate of drug-likeness (QED) is 0.459. The Bertz CT molecular complexity index is 632. The van der Waals surface area contributed by atoms with Gasteiger partial charge in [-0.2, -0.15) is 0 Å². The Morgan fingerprint density at radius 2 is 1.73 bits per heavy atom. The minimum atomic E-state index is -0.525. The van der Waals surface area contributed by atoms with E-state index in [1.165, 1.54) is 31.2 Å². The second-order valence-electron chi connectivity index (χ2n) is 4.82. The summed E-state index contributed by atoms with van der Waals surface area (Å²) in [5.41, 5.74) is 0.731. The summed E-state index contributed by atoms with van der Waals surface area (Å²) in [6.07, 6.45) is 0.609. The summed E-state index contributed by atoms with van der Waals surface area (Å²) in [6.45, 7) is 10.9. The third kappa shape index (κ3) is 3.88. The number of nitrogens with zero attached hydrogens (tertiary/aromatic N) is 2. The summed E-state index contributed by atoms with van der Waals surface area (Å²) in [5, 5.41) is 10.6. The first-order chi connectivity index (χ1) is 10.3. The number of amides is 2. The third-order valence-electron chi connectivity index (χ3n) is 2.99. The van der Waals surface area contributed by atoms with Gasteiger partial charge in [-0.15, -0.1) is 0 Å². The van der Waals surface area contributed by atoms with Crippen molar-refractivity contribution in [2.75, 3.05) is 6.54 Å². The van der Waals surface area contributed by atoms with Crippen LogP contribution in [0.25, 0.3) is 5.57 Å². The fourth-order valence-corrected chi connectivity index (χ4v) is 1.82. The van der Waals surface area contributed by atoms with Crippen LogP contribution in [0.15, 0.2) is 43.0 Å². The summed E-state index contributed by atoms with van der Waals surface area (Å²) < 4.78 is 0. The topological polar surface area (TPSA) is 80.5 Å². The zero-order chi connectivity index (χ0) is 16.9. The predicted octanol–water partition coefficient (Wildman–Crippen LogP) is 2.95. The first-order valence-corrected chi connectivity index (χ1v) is 6.75. The van der Waals surface area contributed by atoms with E-state index in [0.717, 1.165) is 4.90 Å². The molecule has 6 heteroatoms. The van der Waals surface area contributed by atoms with E-state index < -0.39 is 16.7 Å². The molecule has 0 atom stereocenters. The molecule has 0 bridgehead atoms. The maximum absolute atomic E-state index is 12.4. The Kier molecular flexibility index (Phi) is 5.74. The van der Waals surface area contributed by atoms with Crippen LogP contribution in [0.3, 0.4) is 0 Å². The van der Waals surface area contributed by atoms with Crippen LogP contribution in [0, 0.1) is 10.1 Å². The highest BCUT2D eigenvalue weighted by Gasteiger charge is 2.24. The minimum Gasteiger partial charge on any atom is -0.275 e. The molecule has 0 aromatic heterocycles. The van der Waals surface area contributed by atoms with Crippen molar-refractivity contribution in [1.29, 1.82) is 0 Å². The van der Waals surface area contributed by atoms with Gasteiger partial charge in [0.1, 0.15) is 0 Å². The molecule has 0 N–H and O–H groups in total. The molecule has 0 aliphatic rings. The van der Waals surface area contributed by atoms with Gasteiger partial charge in [0.15, 0.2) is 0 Å². The van der Waals surface area contributed by atoms with Gasteiger partial charge >= 0.3 is 0 Å². The lowest BCUT2D eigenvalue weighted by Gasteiger charge is -2.21. The number of carbonyl (C=O) groups excluding carboxylic acids is 2. The number of imide groups is 1. The van der Waals surface area contributed by atoms with Crippen molar-refractivity contribution < 1.29 is 14.5 Å². The van der Waals surface area contributed by atoms with Gasteiger partial charge in [-0.3, -0.25) is 24.6 Å². The van der Waals surface area contributed by atoms with Crippen LogP contribution in [0.5, 0.6) is 0 Å². The van der Waals surface area contributed by atoms with Crippen molar-refractivity contribution in [1.82, 2.24) is 4.90 Å². The number of nitro benzene ring substituents is 1. The van der Waals surface area contributed by atoms with E-state index in [4.69, 9.17) is 0 Å². The Balaban J connectivity index is 3.03. The molecule has 6 nitrogen and oxygen atoms in total. The van der Waals surface area contributed by atoms with Gasteiger partial charge in [0.25, 0.3) is 17.5 Å². The van der Waals surface area contributed by atoms with Crippen molar-refractivity contribution >= 4 is 23.1 Å². The van der Waals surface area contributed by atoms with Crippen LogP contribution in [0.2, 0.25) is 0 Å². The Hall–Kier alpha value is -2.76. The van der Waals surface area contributed by atoms with Crippen LogP contribution < -0.4 is 0 Å². The van der Waals surface area contributed by atoms with E-state index in [1.807, 2.05) is 6.92 Å². The fourth-order valence-electron chi connectivity index (χ4n) is 1.82.